The van der Waals surface area contributed by atoms with Crippen LogP contribution in [0.3, 0.4) is 0 Å². The van der Waals surface area contributed by atoms with Crippen LogP contribution in [0, 0.1) is 18.3 Å². The maximum absolute atomic E-state index is 8.63. The van der Waals surface area contributed by atoms with Gasteiger partial charge in [0.15, 0.2) is 5.65 Å². The maximum atomic E-state index is 8.63. The molecule has 0 saturated heterocycles. The Kier molecular flexibility index (Phi) is 1.78. The summed E-state index contributed by atoms with van der Waals surface area (Å²) in [7, 11) is 0. The van der Waals surface area contributed by atoms with Gasteiger partial charge in [0, 0.05) is 6.20 Å². The van der Waals surface area contributed by atoms with Gasteiger partial charge in [0.2, 0.25) is 0 Å². The summed E-state index contributed by atoms with van der Waals surface area (Å²) in [5, 5.41) is 12.8. The molecule has 2 aromatic rings. The first kappa shape index (κ1) is 8.20. The number of hydrogen-bond acceptors (Lipinski definition) is 3. The quantitative estimate of drug-likeness (QED) is 0.700. The van der Waals surface area contributed by atoms with E-state index in [0.29, 0.717) is 5.56 Å². The summed E-state index contributed by atoms with van der Waals surface area (Å²) in [6.45, 7) is 1.88. The highest BCUT2D eigenvalue weighted by Crippen LogP contribution is 2.19. The first-order valence-corrected chi connectivity index (χ1v) is 4.42. The molecular formula is C8H5BrN4. The SMILES string of the molecule is Cc1nn2cc(C#N)cnc2c1Br. The van der Waals surface area contributed by atoms with Gasteiger partial charge in [0.25, 0.3) is 0 Å². The third kappa shape index (κ3) is 1.19. The first-order chi connectivity index (χ1) is 6.22. The molecule has 4 nitrogen and oxygen atoms in total. The lowest BCUT2D eigenvalue weighted by molar-refractivity contribution is 0.913. The van der Waals surface area contributed by atoms with Gasteiger partial charge < -0.3 is 0 Å². The summed E-state index contributed by atoms with van der Waals surface area (Å²) in [6.07, 6.45) is 3.18. The van der Waals surface area contributed by atoms with E-state index in [1.54, 1.807) is 10.7 Å². The predicted octanol–water partition coefficient (Wildman–Crippen LogP) is 1.67. The van der Waals surface area contributed by atoms with Crippen LogP contribution < -0.4 is 0 Å². The Labute approximate surface area is 82.9 Å². The number of aryl methyl sites for hydroxylation is 1. The predicted molar refractivity (Wildman–Crippen MR) is 50.1 cm³/mol. The minimum Gasteiger partial charge on any atom is -0.235 e. The van der Waals surface area contributed by atoms with Gasteiger partial charge in [-0.25, -0.2) is 9.50 Å². The first-order valence-electron chi connectivity index (χ1n) is 3.63. The third-order valence-corrected chi connectivity index (χ3v) is 2.63. The van der Waals surface area contributed by atoms with Crippen LogP contribution >= 0.6 is 15.9 Å². The normalized spacial score (nSPS) is 10.2. The Hall–Kier alpha value is -1.41. The van der Waals surface area contributed by atoms with Crippen molar-refractivity contribution in [2.45, 2.75) is 6.92 Å². The molecule has 0 N–H and O–H groups in total. The zero-order valence-electron chi connectivity index (χ0n) is 6.82. The van der Waals surface area contributed by atoms with Crippen LogP contribution in [0.15, 0.2) is 16.9 Å². The van der Waals surface area contributed by atoms with Gasteiger partial charge in [-0.2, -0.15) is 10.4 Å². The van der Waals surface area contributed by atoms with Gasteiger partial charge in [-0.05, 0) is 22.9 Å². The zero-order chi connectivity index (χ0) is 9.42. The third-order valence-electron chi connectivity index (χ3n) is 1.71. The van der Waals surface area contributed by atoms with Gasteiger partial charge in [-0.1, -0.05) is 0 Å². The molecule has 2 rings (SSSR count). The Morgan fingerprint density at radius 2 is 2.38 bits per heavy atom. The van der Waals surface area contributed by atoms with Crippen LogP contribution in [0.5, 0.6) is 0 Å². The smallest absolute Gasteiger partial charge is 0.169 e. The van der Waals surface area contributed by atoms with E-state index in [1.807, 2.05) is 13.0 Å². The van der Waals surface area contributed by atoms with E-state index in [0.717, 1.165) is 15.8 Å². The number of aromatic nitrogens is 3. The molecule has 2 heterocycles. The van der Waals surface area contributed by atoms with E-state index < -0.39 is 0 Å². The number of hydrogen-bond donors (Lipinski definition) is 0. The van der Waals surface area contributed by atoms with E-state index in [1.165, 1.54) is 6.20 Å². The average molecular weight is 237 g/mol. The molecule has 0 fully saturated rings. The molecule has 2 aromatic heterocycles. The summed E-state index contributed by atoms with van der Waals surface area (Å²) >= 11 is 3.37. The van der Waals surface area contributed by atoms with Crippen molar-refractivity contribution in [1.82, 2.24) is 14.6 Å². The molecule has 64 valence electrons. The summed E-state index contributed by atoms with van der Waals surface area (Å²) in [5.41, 5.74) is 2.10. The van der Waals surface area contributed by atoms with Gasteiger partial charge in [-0.15, -0.1) is 0 Å². The van der Waals surface area contributed by atoms with Crippen molar-refractivity contribution in [3.63, 3.8) is 0 Å². The van der Waals surface area contributed by atoms with Crippen LogP contribution in [0.25, 0.3) is 5.65 Å². The lowest BCUT2D eigenvalue weighted by Crippen LogP contribution is -1.91. The van der Waals surface area contributed by atoms with E-state index >= 15 is 0 Å². The zero-order valence-corrected chi connectivity index (χ0v) is 8.41. The standard InChI is InChI=1S/C8H5BrN4/c1-5-7(9)8-11-3-6(2-10)4-13(8)12-5/h3-4H,1H3. The van der Waals surface area contributed by atoms with Gasteiger partial charge >= 0.3 is 0 Å². The number of nitrogens with zero attached hydrogens (tertiary/aromatic N) is 4. The van der Waals surface area contributed by atoms with Crippen molar-refractivity contribution in [1.29, 1.82) is 5.26 Å². The molecular weight excluding hydrogens is 232 g/mol. The van der Waals surface area contributed by atoms with E-state index in [-0.39, 0.29) is 0 Å². The fraction of sp³-hybridized carbons (Fsp3) is 0.125. The van der Waals surface area contributed by atoms with E-state index in [2.05, 4.69) is 26.0 Å². The van der Waals surface area contributed by atoms with Crippen molar-refractivity contribution in [2.75, 3.05) is 0 Å². The van der Waals surface area contributed by atoms with Crippen LogP contribution in [0.2, 0.25) is 0 Å². The van der Waals surface area contributed by atoms with Gasteiger partial charge in [-0.3, -0.25) is 0 Å². The molecule has 0 bridgehead atoms. The van der Waals surface area contributed by atoms with E-state index in [4.69, 9.17) is 5.26 Å². The minimum absolute atomic E-state index is 0.502. The van der Waals surface area contributed by atoms with Crippen LogP contribution in [-0.2, 0) is 0 Å². The highest BCUT2D eigenvalue weighted by molar-refractivity contribution is 9.10. The lowest BCUT2D eigenvalue weighted by atomic mass is 10.4. The molecule has 0 aromatic carbocycles. The summed E-state index contributed by atoms with van der Waals surface area (Å²) in [6, 6.07) is 2.01. The Morgan fingerprint density at radius 3 is 3.08 bits per heavy atom. The van der Waals surface area contributed by atoms with Crippen molar-refractivity contribution in [3.8, 4) is 6.07 Å². The summed E-state index contributed by atoms with van der Waals surface area (Å²) in [5.74, 6) is 0. The molecule has 0 atom stereocenters. The largest absolute Gasteiger partial charge is 0.235 e. The molecule has 0 amide bonds. The molecule has 0 unspecified atom stereocenters. The molecule has 5 heteroatoms. The highest BCUT2D eigenvalue weighted by Gasteiger charge is 2.07. The Bertz CT molecular complexity index is 509. The monoisotopic (exact) mass is 236 g/mol. The molecule has 0 spiro atoms. The molecule has 0 aliphatic rings. The maximum Gasteiger partial charge on any atom is 0.169 e. The van der Waals surface area contributed by atoms with Gasteiger partial charge in [0.1, 0.15) is 6.07 Å². The molecule has 0 aliphatic carbocycles. The number of halogens is 1. The summed E-state index contributed by atoms with van der Waals surface area (Å²) < 4.78 is 2.47. The lowest BCUT2D eigenvalue weighted by Gasteiger charge is -1.91. The fourth-order valence-corrected chi connectivity index (χ4v) is 1.44. The highest BCUT2D eigenvalue weighted by atomic mass is 79.9. The number of nitriles is 1. The molecule has 0 radical (unpaired) electrons. The van der Waals surface area contributed by atoms with E-state index in [9.17, 15) is 0 Å². The molecule has 0 saturated carbocycles. The Balaban J connectivity index is 2.82. The van der Waals surface area contributed by atoms with Gasteiger partial charge in [0.05, 0.1) is 21.9 Å². The second-order valence-corrected chi connectivity index (χ2v) is 3.42. The van der Waals surface area contributed by atoms with Crippen molar-refractivity contribution >= 4 is 21.6 Å². The average Bonchev–Trinajstić information content (AvgIpc) is 2.42. The minimum atomic E-state index is 0.502. The molecule has 13 heavy (non-hydrogen) atoms. The Morgan fingerprint density at radius 1 is 1.62 bits per heavy atom. The van der Waals surface area contributed by atoms with Crippen LogP contribution in [-0.4, -0.2) is 14.6 Å². The number of rotatable bonds is 0. The van der Waals surface area contributed by atoms with Crippen molar-refractivity contribution in [3.05, 3.63) is 28.1 Å². The summed E-state index contributed by atoms with van der Waals surface area (Å²) in [4.78, 5) is 4.10. The topological polar surface area (TPSA) is 54.0 Å². The van der Waals surface area contributed by atoms with Crippen LogP contribution in [0.4, 0.5) is 0 Å². The van der Waals surface area contributed by atoms with Crippen molar-refractivity contribution < 1.29 is 0 Å². The second kappa shape index (κ2) is 2.82. The second-order valence-electron chi connectivity index (χ2n) is 2.62. The fourth-order valence-electron chi connectivity index (χ4n) is 1.07. The van der Waals surface area contributed by atoms with Crippen molar-refractivity contribution in [2.24, 2.45) is 0 Å². The van der Waals surface area contributed by atoms with Crippen LogP contribution in [0.1, 0.15) is 11.3 Å². The number of fused-ring (bicyclic) bond motifs is 1. The molecule has 0 aliphatic heterocycles.